The first-order chi connectivity index (χ1) is 5.77. The third-order valence-electron chi connectivity index (χ3n) is 1.17. The monoisotopic (exact) mass is 202 g/mol. The Morgan fingerprint density at radius 3 is 2.17 bits per heavy atom. The van der Waals surface area contributed by atoms with Gasteiger partial charge in [-0.1, -0.05) is 25.5 Å². The lowest BCUT2D eigenvalue weighted by Crippen LogP contribution is -1.82. The maximum atomic E-state index is 10.1. The van der Waals surface area contributed by atoms with E-state index in [2.05, 4.69) is 19.6 Å². The van der Waals surface area contributed by atoms with Crippen LogP contribution in [0.4, 0.5) is 0 Å². The van der Waals surface area contributed by atoms with E-state index in [9.17, 15) is 4.79 Å². The van der Waals surface area contributed by atoms with Gasteiger partial charge in [0.2, 0.25) is 0 Å². The molecule has 1 nitrogen and oxygen atoms in total. The fourth-order valence-corrected chi connectivity index (χ4v) is 1.17. The minimum Gasteiger partial charge on any atom is -0.288 e. The highest BCUT2D eigenvalue weighted by molar-refractivity contribution is 7.96. The zero-order valence-electron chi connectivity index (χ0n) is 7.19. The van der Waals surface area contributed by atoms with Gasteiger partial charge in [-0.25, -0.2) is 0 Å². The second-order valence-electron chi connectivity index (χ2n) is 2.29. The van der Waals surface area contributed by atoms with Gasteiger partial charge >= 0.3 is 0 Å². The number of unbranched alkanes of at least 4 members (excludes halogenated alkanes) is 1. The van der Waals surface area contributed by atoms with Crippen molar-refractivity contribution in [3.8, 4) is 0 Å². The maximum absolute atomic E-state index is 10.1. The molecule has 0 unspecified atom stereocenters. The van der Waals surface area contributed by atoms with Crippen molar-refractivity contribution in [3.63, 3.8) is 0 Å². The Morgan fingerprint density at radius 1 is 1.42 bits per heavy atom. The largest absolute Gasteiger partial charge is 0.288 e. The Labute approximate surface area is 83.2 Å². The van der Waals surface area contributed by atoms with Gasteiger partial charge in [-0.05, 0) is 17.2 Å². The Kier molecular flexibility index (Phi) is 8.61. The smallest absolute Gasteiger partial charge is 0.185 e. The molecule has 0 radical (unpaired) electrons. The van der Waals surface area contributed by atoms with Gasteiger partial charge in [0, 0.05) is 6.42 Å². The highest BCUT2D eigenvalue weighted by atomic mass is 32.1. The molecule has 0 N–H and O–H groups in total. The van der Waals surface area contributed by atoms with E-state index < -0.39 is 0 Å². The van der Waals surface area contributed by atoms with Crippen LogP contribution in [-0.4, -0.2) is 5.12 Å². The first-order valence-corrected chi connectivity index (χ1v) is 5.35. The summed E-state index contributed by atoms with van der Waals surface area (Å²) in [4.78, 5) is 10.1. The fraction of sp³-hybridized carbons (Fsp3) is 0.444. The summed E-state index contributed by atoms with van der Waals surface area (Å²) in [6, 6.07) is 4.04. The average molecular weight is 202 g/mol. The summed E-state index contributed by atoms with van der Waals surface area (Å²) in [6.45, 7) is 2.05. The highest BCUT2D eigenvalue weighted by Crippen LogP contribution is 1.96. The quantitative estimate of drug-likeness (QED) is 0.744. The van der Waals surface area contributed by atoms with Crippen molar-refractivity contribution in [1.29, 1.82) is 0 Å². The van der Waals surface area contributed by atoms with Crippen LogP contribution in [0.1, 0.15) is 26.2 Å². The van der Waals surface area contributed by atoms with Crippen molar-refractivity contribution in [2.45, 2.75) is 26.2 Å². The van der Waals surface area contributed by atoms with Crippen molar-refractivity contribution in [2.75, 3.05) is 0 Å². The van der Waals surface area contributed by atoms with Gasteiger partial charge in [0.05, 0.1) is 0 Å². The lowest BCUT2D eigenvalue weighted by molar-refractivity contribution is -0.110. The van der Waals surface area contributed by atoms with Crippen molar-refractivity contribution in [2.24, 2.45) is 0 Å². The number of hydrogen-bond donors (Lipinski definition) is 1. The van der Waals surface area contributed by atoms with Crippen LogP contribution in [0.5, 0.6) is 0 Å². The van der Waals surface area contributed by atoms with Gasteiger partial charge in [0.25, 0.3) is 0 Å². The number of thiol groups is 1. The van der Waals surface area contributed by atoms with E-state index in [-0.39, 0.29) is 5.12 Å². The lowest BCUT2D eigenvalue weighted by Gasteiger charge is -1.85. The molecule has 0 saturated heterocycles. The van der Waals surface area contributed by atoms with E-state index in [4.69, 9.17) is 0 Å². The molecule has 3 heteroatoms. The van der Waals surface area contributed by atoms with Crippen molar-refractivity contribution >= 4 is 29.1 Å². The average Bonchev–Trinajstić information content (AvgIpc) is 2.57. The third-order valence-corrected chi connectivity index (χ3v) is 2.02. The van der Waals surface area contributed by atoms with Crippen LogP contribution in [-0.2, 0) is 4.79 Å². The summed E-state index contributed by atoms with van der Waals surface area (Å²) in [5.74, 6) is 0. The number of carbonyl (C=O) groups excluding carboxylic acids is 1. The third kappa shape index (κ3) is 9.72. The molecule has 1 aromatic heterocycles. The number of thiophene rings is 1. The van der Waals surface area contributed by atoms with Gasteiger partial charge in [0.1, 0.15) is 0 Å². The fourth-order valence-electron chi connectivity index (χ4n) is 0.555. The summed E-state index contributed by atoms with van der Waals surface area (Å²) in [5.41, 5.74) is 0. The van der Waals surface area contributed by atoms with Crippen molar-refractivity contribution < 1.29 is 4.79 Å². The zero-order chi connectivity index (χ0) is 9.23. The Bertz CT molecular complexity index is 165. The first kappa shape index (κ1) is 11.7. The summed E-state index contributed by atoms with van der Waals surface area (Å²) < 4.78 is 0. The summed E-state index contributed by atoms with van der Waals surface area (Å²) in [5, 5.41) is 4.09. The molecule has 0 aromatic carbocycles. The summed E-state index contributed by atoms with van der Waals surface area (Å²) in [7, 11) is 0. The molecule has 68 valence electrons. The molecule has 0 fully saturated rings. The minimum absolute atomic E-state index is 0.00171. The van der Waals surface area contributed by atoms with Crippen LogP contribution in [0, 0.1) is 0 Å². The van der Waals surface area contributed by atoms with Crippen molar-refractivity contribution in [1.82, 2.24) is 0 Å². The number of carbonyl (C=O) groups is 1. The molecule has 1 aromatic rings. The van der Waals surface area contributed by atoms with Crippen LogP contribution in [0.25, 0.3) is 0 Å². The standard InChI is InChI=1S/C5H10OS.C4H4S/c1-2-3-4-5(6)7;1-2-4-5-3-1/h2-4H2,1H3,(H,6,7);1-4H. The van der Waals surface area contributed by atoms with Crippen LogP contribution in [0.3, 0.4) is 0 Å². The van der Waals surface area contributed by atoms with Crippen LogP contribution in [0.2, 0.25) is 0 Å². The normalized spacial score (nSPS) is 8.50. The van der Waals surface area contributed by atoms with E-state index in [0.717, 1.165) is 12.8 Å². The van der Waals surface area contributed by atoms with E-state index in [1.54, 1.807) is 11.3 Å². The van der Waals surface area contributed by atoms with Gasteiger partial charge in [0.15, 0.2) is 5.12 Å². The van der Waals surface area contributed by atoms with E-state index in [1.807, 2.05) is 22.9 Å². The predicted octanol–water partition coefficient (Wildman–Crippen LogP) is 3.38. The zero-order valence-corrected chi connectivity index (χ0v) is 8.91. The molecule has 0 amide bonds. The predicted molar refractivity (Wildman–Crippen MR) is 57.8 cm³/mol. The summed E-state index contributed by atoms with van der Waals surface area (Å²) >= 11 is 5.31. The van der Waals surface area contributed by atoms with Crippen LogP contribution < -0.4 is 0 Å². The van der Waals surface area contributed by atoms with Crippen LogP contribution >= 0.6 is 24.0 Å². The summed E-state index contributed by atoms with van der Waals surface area (Å²) in [6.07, 6.45) is 2.67. The maximum Gasteiger partial charge on any atom is 0.185 e. The molecule has 0 spiro atoms. The lowest BCUT2D eigenvalue weighted by atomic mass is 10.3. The van der Waals surface area contributed by atoms with Gasteiger partial charge in [-0.2, -0.15) is 11.3 Å². The molecule has 0 aliphatic heterocycles. The van der Waals surface area contributed by atoms with Gasteiger partial charge in [-0.15, -0.1) is 12.6 Å². The van der Waals surface area contributed by atoms with Gasteiger partial charge < -0.3 is 0 Å². The molecule has 1 rings (SSSR count). The SMILES string of the molecule is CCCCC(=O)S.c1ccsc1. The first-order valence-electron chi connectivity index (χ1n) is 3.96. The highest BCUT2D eigenvalue weighted by Gasteiger charge is 1.88. The van der Waals surface area contributed by atoms with E-state index >= 15 is 0 Å². The molecular formula is C9H14OS2. The van der Waals surface area contributed by atoms with Crippen molar-refractivity contribution in [3.05, 3.63) is 22.9 Å². The molecule has 0 aliphatic rings. The number of hydrogen-bond acceptors (Lipinski definition) is 2. The Hall–Kier alpha value is -0.280. The molecule has 0 aliphatic carbocycles. The minimum atomic E-state index is 0.00171. The Balaban J connectivity index is 0.000000211. The molecule has 0 saturated carbocycles. The topological polar surface area (TPSA) is 17.1 Å². The number of rotatable bonds is 3. The second-order valence-corrected chi connectivity index (χ2v) is 3.61. The molecule has 1 heterocycles. The van der Waals surface area contributed by atoms with Gasteiger partial charge in [-0.3, -0.25) is 4.79 Å². The van der Waals surface area contributed by atoms with Crippen LogP contribution in [0.15, 0.2) is 22.9 Å². The van der Waals surface area contributed by atoms with E-state index in [0.29, 0.717) is 6.42 Å². The molecule has 0 atom stereocenters. The molecular weight excluding hydrogens is 188 g/mol. The second kappa shape index (κ2) is 8.81. The molecule has 0 bridgehead atoms. The Morgan fingerprint density at radius 2 is 2.00 bits per heavy atom. The van der Waals surface area contributed by atoms with E-state index in [1.165, 1.54) is 0 Å². The molecule has 12 heavy (non-hydrogen) atoms.